The van der Waals surface area contributed by atoms with E-state index in [1.54, 1.807) is 0 Å². The van der Waals surface area contributed by atoms with Gasteiger partial charge in [0.05, 0.1) is 0 Å². The van der Waals surface area contributed by atoms with Crippen LogP contribution in [0.25, 0.3) is 0 Å². The average Bonchev–Trinajstić information content (AvgIpc) is 3.02. The van der Waals surface area contributed by atoms with Crippen LogP contribution in [0.3, 0.4) is 0 Å². The summed E-state index contributed by atoms with van der Waals surface area (Å²) in [6.45, 7) is 0.847. The van der Waals surface area contributed by atoms with Crippen molar-refractivity contribution >= 4 is 5.91 Å². The van der Waals surface area contributed by atoms with Crippen LogP contribution in [-0.4, -0.2) is 18.0 Å². The van der Waals surface area contributed by atoms with Gasteiger partial charge in [0.25, 0.3) is 0 Å². The molecule has 0 bridgehead atoms. The van der Waals surface area contributed by atoms with Crippen molar-refractivity contribution in [3.63, 3.8) is 0 Å². The molecule has 0 saturated heterocycles. The first-order valence-electron chi connectivity index (χ1n) is 6.74. The number of nitrogens with two attached hydrogens (primary N) is 1. The summed E-state index contributed by atoms with van der Waals surface area (Å²) in [6, 6.07) is 0. The molecule has 0 aliphatic heterocycles. The molecule has 0 aromatic carbocycles. The van der Waals surface area contributed by atoms with Gasteiger partial charge in [0.2, 0.25) is 5.91 Å². The van der Waals surface area contributed by atoms with E-state index in [9.17, 15) is 4.79 Å². The van der Waals surface area contributed by atoms with E-state index in [0.717, 1.165) is 31.7 Å². The van der Waals surface area contributed by atoms with Crippen LogP contribution in [0.2, 0.25) is 0 Å². The third-order valence-electron chi connectivity index (χ3n) is 3.93. The molecule has 2 aliphatic carbocycles. The minimum atomic E-state index is -0.206. The zero-order valence-electron chi connectivity index (χ0n) is 10.1. The number of hydrogen-bond acceptors (Lipinski definition) is 2. The topological polar surface area (TPSA) is 55.1 Å². The van der Waals surface area contributed by atoms with E-state index in [2.05, 4.69) is 5.32 Å². The Balaban J connectivity index is 1.64. The van der Waals surface area contributed by atoms with Crippen LogP contribution in [0, 0.1) is 5.92 Å². The van der Waals surface area contributed by atoms with E-state index in [1.165, 1.54) is 32.1 Å². The number of carbonyl (C=O) groups is 1. The zero-order chi connectivity index (χ0) is 11.4. The highest BCUT2D eigenvalue weighted by Gasteiger charge is 2.30. The Morgan fingerprint density at radius 1 is 1.25 bits per heavy atom. The fourth-order valence-corrected chi connectivity index (χ4v) is 2.64. The van der Waals surface area contributed by atoms with Crippen molar-refractivity contribution in [2.75, 3.05) is 6.54 Å². The second kappa shape index (κ2) is 5.17. The fourth-order valence-electron chi connectivity index (χ4n) is 2.64. The first-order valence-corrected chi connectivity index (χ1v) is 6.74. The molecule has 2 fully saturated rings. The molecular formula is C13H24N2O. The maximum Gasteiger partial charge on any atom is 0.221 e. The van der Waals surface area contributed by atoms with Gasteiger partial charge in [0.1, 0.15) is 0 Å². The van der Waals surface area contributed by atoms with Crippen LogP contribution in [0.5, 0.6) is 0 Å². The first-order chi connectivity index (χ1) is 7.68. The second-order valence-corrected chi connectivity index (χ2v) is 5.68. The summed E-state index contributed by atoms with van der Waals surface area (Å²) < 4.78 is 0. The van der Waals surface area contributed by atoms with Gasteiger partial charge in [-0.25, -0.2) is 0 Å². The molecule has 0 spiro atoms. The Hall–Kier alpha value is -0.570. The Bertz CT molecular complexity index is 242. The molecular weight excluding hydrogens is 200 g/mol. The summed E-state index contributed by atoms with van der Waals surface area (Å²) in [6.07, 6.45) is 10.1. The highest BCUT2D eigenvalue weighted by molar-refractivity contribution is 5.77. The van der Waals surface area contributed by atoms with Crippen molar-refractivity contribution in [2.24, 2.45) is 11.7 Å². The number of carbonyl (C=O) groups excluding carboxylic acids is 1. The molecule has 3 nitrogen and oxygen atoms in total. The van der Waals surface area contributed by atoms with Crippen molar-refractivity contribution in [2.45, 2.75) is 63.3 Å². The van der Waals surface area contributed by atoms with E-state index in [0.29, 0.717) is 6.42 Å². The summed E-state index contributed by atoms with van der Waals surface area (Å²) in [5, 5.41) is 3.01. The molecule has 2 rings (SSSR count). The van der Waals surface area contributed by atoms with E-state index >= 15 is 0 Å². The van der Waals surface area contributed by atoms with Gasteiger partial charge in [0, 0.05) is 18.5 Å². The fraction of sp³-hybridized carbons (Fsp3) is 0.923. The molecule has 2 saturated carbocycles. The lowest BCUT2D eigenvalue weighted by atomic mass is 9.80. The van der Waals surface area contributed by atoms with Gasteiger partial charge in [-0.1, -0.05) is 32.1 Å². The van der Waals surface area contributed by atoms with E-state index in [-0.39, 0.29) is 11.4 Å². The molecule has 0 aromatic rings. The van der Waals surface area contributed by atoms with Crippen LogP contribution < -0.4 is 11.1 Å². The highest BCUT2D eigenvalue weighted by Crippen LogP contribution is 2.32. The largest absolute Gasteiger partial charge is 0.356 e. The van der Waals surface area contributed by atoms with E-state index in [4.69, 9.17) is 5.73 Å². The van der Waals surface area contributed by atoms with Crippen molar-refractivity contribution in [3.8, 4) is 0 Å². The van der Waals surface area contributed by atoms with Crippen molar-refractivity contribution in [1.29, 1.82) is 0 Å². The van der Waals surface area contributed by atoms with Crippen LogP contribution in [-0.2, 0) is 4.79 Å². The maximum absolute atomic E-state index is 11.7. The number of rotatable bonds is 5. The third-order valence-corrected chi connectivity index (χ3v) is 3.93. The molecule has 92 valence electrons. The minimum Gasteiger partial charge on any atom is -0.356 e. The lowest BCUT2D eigenvalue weighted by molar-refractivity contribution is -0.122. The Labute approximate surface area is 98.2 Å². The molecule has 3 N–H and O–H groups in total. The number of hydrogen-bond donors (Lipinski definition) is 2. The third kappa shape index (κ3) is 3.78. The summed E-state index contributed by atoms with van der Waals surface area (Å²) >= 11 is 0. The van der Waals surface area contributed by atoms with Crippen molar-refractivity contribution in [3.05, 3.63) is 0 Å². The molecule has 16 heavy (non-hydrogen) atoms. The highest BCUT2D eigenvalue weighted by atomic mass is 16.1. The predicted octanol–water partition coefficient (Wildman–Crippen LogP) is 1.95. The van der Waals surface area contributed by atoms with Gasteiger partial charge in [-0.2, -0.15) is 0 Å². The SMILES string of the molecule is NC1(CC(=O)NCCC2CC2)CCCCC1. The van der Waals surface area contributed by atoms with Gasteiger partial charge >= 0.3 is 0 Å². The molecule has 0 unspecified atom stereocenters. The standard InChI is InChI=1S/C13H24N2O/c14-13(7-2-1-3-8-13)10-12(16)15-9-6-11-4-5-11/h11H,1-10,14H2,(H,15,16). The van der Waals surface area contributed by atoms with Crippen molar-refractivity contribution in [1.82, 2.24) is 5.32 Å². The molecule has 0 radical (unpaired) electrons. The molecule has 0 aromatic heterocycles. The number of amides is 1. The van der Waals surface area contributed by atoms with E-state index < -0.39 is 0 Å². The number of nitrogens with one attached hydrogen (secondary N) is 1. The lowest BCUT2D eigenvalue weighted by Gasteiger charge is -2.32. The normalized spacial score (nSPS) is 24.1. The predicted molar refractivity (Wildman–Crippen MR) is 65.0 cm³/mol. The smallest absolute Gasteiger partial charge is 0.221 e. The maximum atomic E-state index is 11.7. The summed E-state index contributed by atoms with van der Waals surface area (Å²) in [4.78, 5) is 11.7. The molecule has 0 heterocycles. The Morgan fingerprint density at radius 2 is 1.94 bits per heavy atom. The monoisotopic (exact) mass is 224 g/mol. The van der Waals surface area contributed by atoms with Crippen LogP contribution in [0.1, 0.15) is 57.8 Å². The van der Waals surface area contributed by atoms with Gasteiger partial charge < -0.3 is 11.1 Å². The Morgan fingerprint density at radius 3 is 2.56 bits per heavy atom. The summed E-state index contributed by atoms with van der Waals surface area (Å²) in [5.41, 5.74) is 6.04. The van der Waals surface area contributed by atoms with Gasteiger partial charge in [-0.3, -0.25) is 4.79 Å². The van der Waals surface area contributed by atoms with Gasteiger partial charge in [-0.15, -0.1) is 0 Å². The summed E-state index contributed by atoms with van der Waals surface area (Å²) in [5.74, 6) is 1.05. The average molecular weight is 224 g/mol. The minimum absolute atomic E-state index is 0.157. The summed E-state index contributed by atoms with van der Waals surface area (Å²) in [7, 11) is 0. The molecule has 2 aliphatic rings. The molecule has 0 atom stereocenters. The Kier molecular flexibility index (Phi) is 3.85. The zero-order valence-corrected chi connectivity index (χ0v) is 10.1. The molecule has 1 amide bonds. The van der Waals surface area contributed by atoms with E-state index in [1.807, 2.05) is 0 Å². The van der Waals surface area contributed by atoms with Gasteiger partial charge in [0.15, 0.2) is 0 Å². The van der Waals surface area contributed by atoms with Crippen LogP contribution in [0.15, 0.2) is 0 Å². The van der Waals surface area contributed by atoms with Crippen LogP contribution in [0.4, 0.5) is 0 Å². The van der Waals surface area contributed by atoms with Crippen LogP contribution >= 0.6 is 0 Å². The van der Waals surface area contributed by atoms with Crippen molar-refractivity contribution < 1.29 is 4.79 Å². The first kappa shape index (κ1) is 11.9. The van der Waals surface area contributed by atoms with Gasteiger partial charge in [-0.05, 0) is 25.2 Å². The second-order valence-electron chi connectivity index (χ2n) is 5.68. The lowest BCUT2D eigenvalue weighted by Crippen LogP contribution is -2.46. The quantitative estimate of drug-likeness (QED) is 0.750. The molecule has 3 heteroatoms.